The highest BCUT2D eigenvalue weighted by Gasteiger charge is 2.07. The monoisotopic (exact) mass is 275 g/mol. The van der Waals surface area contributed by atoms with E-state index >= 15 is 0 Å². The van der Waals surface area contributed by atoms with Crippen molar-refractivity contribution < 1.29 is 4.39 Å². The Labute approximate surface area is 118 Å². The summed E-state index contributed by atoms with van der Waals surface area (Å²) in [5.74, 6) is -0.131. The van der Waals surface area contributed by atoms with Crippen molar-refractivity contribution in [1.29, 1.82) is 0 Å². The van der Waals surface area contributed by atoms with Crippen LogP contribution in [0.15, 0.2) is 53.4 Å². The third-order valence-corrected chi connectivity index (χ3v) is 3.73. The predicted octanol–water partition coefficient (Wildman–Crippen LogP) is 4.59. The van der Waals surface area contributed by atoms with Crippen LogP contribution in [0.4, 0.5) is 10.1 Å². The van der Waals surface area contributed by atoms with Crippen LogP contribution < -0.4 is 5.32 Å². The zero-order valence-electron chi connectivity index (χ0n) is 11.2. The van der Waals surface area contributed by atoms with Crippen LogP contribution in [-0.2, 0) is 6.42 Å². The van der Waals surface area contributed by atoms with E-state index in [-0.39, 0.29) is 11.9 Å². The number of halogens is 1. The van der Waals surface area contributed by atoms with E-state index in [4.69, 9.17) is 0 Å². The Balaban J connectivity index is 1.97. The first-order valence-corrected chi connectivity index (χ1v) is 7.55. The second kappa shape index (κ2) is 6.62. The molecule has 0 amide bonds. The van der Waals surface area contributed by atoms with Crippen molar-refractivity contribution in [1.82, 2.24) is 0 Å². The molecule has 0 spiro atoms. The summed E-state index contributed by atoms with van der Waals surface area (Å²) in [6.07, 6.45) is 2.74. The molecule has 2 aromatic rings. The molecule has 0 aliphatic rings. The van der Waals surface area contributed by atoms with Crippen molar-refractivity contribution in [3.05, 3.63) is 59.9 Å². The second-order valence-corrected chi connectivity index (χ2v) is 5.45. The quantitative estimate of drug-likeness (QED) is 0.801. The fourth-order valence-electron chi connectivity index (χ4n) is 2.02. The van der Waals surface area contributed by atoms with Gasteiger partial charge >= 0.3 is 0 Å². The minimum absolute atomic E-state index is 0.131. The van der Waals surface area contributed by atoms with Crippen molar-refractivity contribution in [3.63, 3.8) is 0 Å². The first-order chi connectivity index (χ1) is 9.19. The largest absolute Gasteiger partial charge is 0.382 e. The Bertz CT molecular complexity index is 525. The predicted molar refractivity (Wildman–Crippen MR) is 81.4 cm³/mol. The SMILES string of the molecule is CSc1ccc(NC(C)Cc2ccccc2F)cc1. The Morgan fingerprint density at radius 2 is 1.79 bits per heavy atom. The molecule has 0 heterocycles. The zero-order chi connectivity index (χ0) is 13.7. The van der Waals surface area contributed by atoms with Crippen LogP contribution >= 0.6 is 11.8 Å². The van der Waals surface area contributed by atoms with Gasteiger partial charge in [-0.1, -0.05) is 18.2 Å². The molecule has 1 nitrogen and oxygen atoms in total. The number of benzene rings is 2. The number of rotatable bonds is 5. The van der Waals surface area contributed by atoms with Gasteiger partial charge in [-0.25, -0.2) is 4.39 Å². The van der Waals surface area contributed by atoms with Crippen LogP contribution in [0.1, 0.15) is 12.5 Å². The van der Waals surface area contributed by atoms with Crippen LogP contribution in [0.5, 0.6) is 0 Å². The smallest absolute Gasteiger partial charge is 0.126 e. The molecule has 1 N–H and O–H groups in total. The standard InChI is InChI=1S/C16H18FNS/c1-12(11-13-5-3-4-6-16(13)17)18-14-7-9-15(19-2)10-8-14/h3-10,12,18H,11H2,1-2H3. The molecule has 0 aliphatic carbocycles. The summed E-state index contributed by atoms with van der Waals surface area (Å²) in [6, 6.07) is 15.4. The summed E-state index contributed by atoms with van der Waals surface area (Å²) in [5.41, 5.74) is 1.82. The number of nitrogens with one attached hydrogen (secondary N) is 1. The average molecular weight is 275 g/mol. The van der Waals surface area contributed by atoms with Crippen molar-refractivity contribution in [3.8, 4) is 0 Å². The molecular formula is C16H18FNS. The van der Waals surface area contributed by atoms with E-state index in [9.17, 15) is 4.39 Å². The molecule has 2 rings (SSSR count). The summed E-state index contributed by atoms with van der Waals surface area (Å²) in [7, 11) is 0. The zero-order valence-corrected chi connectivity index (χ0v) is 12.0. The van der Waals surface area contributed by atoms with Gasteiger partial charge in [-0.05, 0) is 55.5 Å². The maximum absolute atomic E-state index is 13.6. The van der Waals surface area contributed by atoms with Gasteiger partial charge in [-0.2, -0.15) is 0 Å². The molecule has 0 radical (unpaired) electrons. The topological polar surface area (TPSA) is 12.0 Å². The van der Waals surface area contributed by atoms with Crippen molar-refractivity contribution >= 4 is 17.4 Å². The molecule has 1 unspecified atom stereocenters. The fourth-order valence-corrected chi connectivity index (χ4v) is 2.42. The molecular weight excluding hydrogens is 257 g/mol. The summed E-state index contributed by atoms with van der Waals surface area (Å²) >= 11 is 1.72. The Morgan fingerprint density at radius 3 is 2.42 bits per heavy atom. The second-order valence-electron chi connectivity index (χ2n) is 4.57. The molecule has 0 saturated heterocycles. The minimum atomic E-state index is -0.131. The van der Waals surface area contributed by atoms with E-state index < -0.39 is 0 Å². The number of hydrogen-bond donors (Lipinski definition) is 1. The summed E-state index contributed by atoms with van der Waals surface area (Å²) in [6.45, 7) is 2.06. The normalized spacial score (nSPS) is 12.2. The van der Waals surface area contributed by atoms with E-state index in [2.05, 4.69) is 42.8 Å². The highest BCUT2D eigenvalue weighted by atomic mass is 32.2. The summed E-state index contributed by atoms with van der Waals surface area (Å²) < 4.78 is 13.6. The number of anilines is 1. The Hall–Kier alpha value is -1.48. The Morgan fingerprint density at radius 1 is 1.11 bits per heavy atom. The first-order valence-electron chi connectivity index (χ1n) is 6.33. The molecule has 19 heavy (non-hydrogen) atoms. The van der Waals surface area contributed by atoms with Gasteiger partial charge in [0.15, 0.2) is 0 Å². The van der Waals surface area contributed by atoms with Crippen LogP contribution in [0.2, 0.25) is 0 Å². The fraction of sp³-hybridized carbons (Fsp3) is 0.250. The number of thioether (sulfide) groups is 1. The van der Waals surface area contributed by atoms with Crippen molar-refractivity contribution in [2.24, 2.45) is 0 Å². The van der Waals surface area contributed by atoms with Gasteiger partial charge in [0, 0.05) is 16.6 Å². The van der Waals surface area contributed by atoms with E-state index in [1.807, 2.05) is 12.1 Å². The third-order valence-electron chi connectivity index (χ3n) is 2.99. The van der Waals surface area contributed by atoms with Gasteiger partial charge < -0.3 is 5.32 Å². The number of hydrogen-bond acceptors (Lipinski definition) is 2. The van der Waals surface area contributed by atoms with Crippen molar-refractivity contribution in [2.75, 3.05) is 11.6 Å². The van der Waals surface area contributed by atoms with Gasteiger partial charge in [0.2, 0.25) is 0 Å². The lowest BCUT2D eigenvalue weighted by atomic mass is 10.1. The van der Waals surface area contributed by atoms with E-state index in [1.165, 1.54) is 11.0 Å². The van der Waals surface area contributed by atoms with E-state index in [0.717, 1.165) is 11.3 Å². The van der Waals surface area contributed by atoms with Crippen LogP contribution in [0.25, 0.3) is 0 Å². The molecule has 0 saturated carbocycles. The van der Waals surface area contributed by atoms with Gasteiger partial charge in [-0.15, -0.1) is 11.8 Å². The molecule has 0 fully saturated rings. The lowest BCUT2D eigenvalue weighted by Gasteiger charge is -2.16. The van der Waals surface area contributed by atoms with E-state index in [0.29, 0.717) is 6.42 Å². The molecule has 0 aliphatic heterocycles. The highest BCUT2D eigenvalue weighted by molar-refractivity contribution is 7.98. The first kappa shape index (κ1) is 13.9. The Kier molecular flexibility index (Phi) is 4.86. The van der Waals surface area contributed by atoms with Gasteiger partial charge in [0.25, 0.3) is 0 Å². The maximum Gasteiger partial charge on any atom is 0.126 e. The molecule has 100 valence electrons. The van der Waals surface area contributed by atoms with Crippen LogP contribution in [0, 0.1) is 5.82 Å². The lowest BCUT2D eigenvalue weighted by Crippen LogP contribution is -2.18. The minimum Gasteiger partial charge on any atom is -0.382 e. The van der Waals surface area contributed by atoms with Crippen LogP contribution in [-0.4, -0.2) is 12.3 Å². The molecule has 0 bridgehead atoms. The summed E-state index contributed by atoms with van der Waals surface area (Å²) in [5, 5.41) is 3.39. The third kappa shape index (κ3) is 4.00. The van der Waals surface area contributed by atoms with Crippen molar-refractivity contribution in [2.45, 2.75) is 24.3 Å². The highest BCUT2D eigenvalue weighted by Crippen LogP contribution is 2.19. The van der Waals surface area contributed by atoms with Gasteiger partial charge in [0.1, 0.15) is 5.82 Å². The van der Waals surface area contributed by atoms with E-state index in [1.54, 1.807) is 17.8 Å². The molecule has 3 heteroatoms. The lowest BCUT2D eigenvalue weighted by molar-refractivity contribution is 0.601. The maximum atomic E-state index is 13.6. The van der Waals surface area contributed by atoms with Gasteiger partial charge in [0.05, 0.1) is 0 Å². The molecule has 1 atom stereocenters. The average Bonchev–Trinajstić information content (AvgIpc) is 2.42. The van der Waals surface area contributed by atoms with Crippen LogP contribution in [0.3, 0.4) is 0 Å². The molecule has 2 aromatic carbocycles. The summed E-state index contributed by atoms with van der Waals surface area (Å²) in [4.78, 5) is 1.24. The van der Waals surface area contributed by atoms with Gasteiger partial charge in [-0.3, -0.25) is 0 Å². The molecule has 0 aromatic heterocycles.